The van der Waals surface area contributed by atoms with Crippen molar-refractivity contribution in [3.63, 3.8) is 0 Å². The summed E-state index contributed by atoms with van der Waals surface area (Å²) in [5.74, 6) is -0.293. The molecule has 21 heavy (non-hydrogen) atoms. The van der Waals surface area contributed by atoms with Gasteiger partial charge in [0.25, 0.3) is 0 Å². The van der Waals surface area contributed by atoms with Crippen LogP contribution >= 0.6 is 0 Å². The average molecular weight is 290 g/mol. The number of ether oxygens (including phenoxy) is 1. The van der Waals surface area contributed by atoms with E-state index in [1.807, 2.05) is 13.8 Å². The molecule has 2 rings (SSSR count). The van der Waals surface area contributed by atoms with E-state index in [0.29, 0.717) is 22.8 Å². The third-order valence-corrected chi connectivity index (χ3v) is 3.13. The van der Waals surface area contributed by atoms with Gasteiger partial charge in [-0.1, -0.05) is 13.8 Å². The van der Waals surface area contributed by atoms with Crippen molar-refractivity contribution in [3.8, 4) is 17.3 Å². The zero-order chi connectivity index (χ0) is 15.6. The molecular weight excluding hydrogens is 272 g/mol. The van der Waals surface area contributed by atoms with Gasteiger partial charge in [0.1, 0.15) is 5.75 Å². The molecular formula is C15H18N2O4. The average Bonchev–Trinajstić information content (AvgIpc) is 2.77. The van der Waals surface area contributed by atoms with Gasteiger partial charge in [0, 0.05) is 5.56 Å². The topological polar surface area (TPSA) is 84.6 Å². The van der Waals surface area contributed by atoms with E-state index in [9.17, 15) is 9.90 Å². The minimum absolute atomic E-state index is 0.0756. The van der Waals surface area contributed by atoms with Crippen molar-refractivity contribution in [1.29, 1.82) is 0 Å². The molecule has 0 fully saturated rings. The number of phenolic OH excluding ortho intramolecular Hbond substituents is 1. The Morgan fingerprint density at radius 2 is 1.95 bits per heavy atom. The summed E-state index contributed by atoms with van der Waals surface area (Å²) in [4.78, 5) is 11.1. The number of carboxylic acid groups (broad SMARTS) is 1. The first-order valence-corrected chi connectivity index (χ1v) is 6.61. The molecule has 0 unspecified atom stereocenters. The van der Waals surface area contributed by atoms with E-state index in [2.05, 4.69) is 5.10 Å². The molecule has 0 atom stereocenters. The lowest BCUT2D eigenvalue weighted by molar-refractivity contribution is -0.136. The molecule has 0 saturated carbocycles. The van der Waals surface area contributed by atoms with Crippen LogP contribution in [-0.2, 0) is 11.2 Å². The van der Waals surface area contributed by atoms with Gasteiger partial charge in [0.15, 0.2) is 0 Å². The maximum absolute atomic E-state index is 11.1. The lowest BCUT2D eigenvalue weighted by Crippen LogP contribution is -2.05. The highest BCUT2D eigenvalue weighted by atomic mass is 16.5. The normalized spacial score (nSPS) is 10.9. The van der Waals surface area contributed by atoms with Gasteiger partial charge in [-0.25, -0.2) is 4.68 Å². The molecule has 0 saturated heterocycles. The molecule has 0 aliphatic carbocycles. The number of rotatable bonds is 5. The summed E-state index contributed by atoms with van der Waals surface area (Å²) in [6.07, 6.45) is -0.144. The van der Waals surface area contributed by atoms with Gasteiger partial charge in [0.05, 0.1) is 24.9 Å². The number of hydrogen-bond acceptors (Lipinski definition) is 4. The second-order valence-electron chi connectivity index (χ2n) is 5.03. The van der Waals surface area contributed by atoms with Gasteiger partial charge >= 0.3 is 5.97 Å². The molecule has 0 bridgehead atoms. The highest BCUT2D eigenvalue weighted by molar-refractivity contribution is 5.72. The fraction of sp³-hybridized carbons (Fsp3) is 0.333. The quantitative estimate of drug-likeness (QED) is 0.883. The minimum atomic E-state index is -0.930. The third-order valence-electron chi connectivity index (χ3n) is 3.13. The maximum Gasteiger partial charge on any atom is 0.308 e. The number of carboxylic acids is 1. The standard InChI is InChI=1S/C15H18N2O4/c1-9(2)14-12(8-13(19)20)15(21-3)17(16-14)10-4-6-11(18)7-5-10/h4-7,9,18H,8H2,1-3H3,(H,19,20). The number of phenols is 1. The first-order valence-electron chi connectivity index (χ1n) is 6.61. The van der Waals surface area contributed by atoms with Crippen molar-refractivity contribution in [1.82, 2.24) is 9.78 Å². The van der Waals surface area contributed by atoms with Crippen LogP contribution in [0.25, 0.3) is 5.69 Å². The van der Waals surface area contributed by atoms with E-state index in [4.69, 9.17) is 9.84 Å². The van der Waals surface area contributed by atoms with Gasteiger partial charge in [-0.15, -0.1) is 0 Å². The highest BCUT2D eigenvalue weighted by Crippen LogP contribution is 2.31. The molecule has 0 amide bonds. The maximum atomic E-state index is 11.1. The molecule has 6 nitrogen and oxygen atoms in total. The summed E-state index contributed by atoms with van der Waals surface area (Å²) in [5.41, 5.74) is 1.97. The summed E-state index contributed by atoms with van der Waals surface area (Å²) in [5, 5.41) is 22.9. The number of benzene rings is 1. The molecule has 0 radical (unpaired) electrons. The van der Waals surface area contributed by atoms with E-state index in [0.717, 1.165) is 0 Å². The molecule has 1 heterocycles. The van der Waals surface area contributed by atoms with Crippen molar-refractivity contribution in [2.75, 3.05) is 7.11 Å². The van der Waals surface area contributed by atoms with Gasteiger partial charge in [-0.2, -0.15) is 5.10 Å². The Bertz CT molecular complexity index is 644. The first kappa shape index (κ1) is 14.9. The lowest BCUT2D eigenvalue weighted by atomic mass is 10.0. The zero-order valence-electron chi connectivity index (χ0n) is 12.2. The molecule has 0 aliphatic heterocycles. The summed E-state index contributed by atoms with van der Waals surface area (Å²) in [7, 11) is 1.49. The second-order valence-corrected chi connectivity index (χ2v) is 5.03. The Morgan fingerprint density at radius 3 is 2.43 bits per heavy atom. The van der Waals surface area contributed by atoms with Crippen molar-refractivity contribution >= 4 is 5.97 Å². The van der Waals surface area contributed by atoms with Crippen LogP contribution in [0.1, 0.15) is 31.0 Å². The largest absolute Gasteiger partial charge is 0.508 e. The first-order chi connectivity index (χ1) is 9.93. The third kappa shape index (κ3) is 2.99. The number of nitrogens with zero attached hydrogens (tertiary/aromatic N) is 2. The van der Waals surface area contributed by atoms with Crippen LogP contribution in [0.15, 0.2) is 24.3 Å². The SMILES string of the molecule is COc1c(CC(=O)O)c(C(C)C)nn1-c1ccc(O)cc1. The van der Waals surface area contributed by atoms with Crippen LogP contribution in [0.5, 0.6) is 11.6 Å². The second kappa shape index (κ2) is 5.87. The van der Waals surface area contributed by atoms with Crippen LogP contribution in [0.2, 0.25) is 0 Å². The van der Waals surface area contributed by atoms with Crippen molar-refractivity contribution < 1.29 is 19.7 Å². The van der Waals surface area contributed by atoms with Crippen LogP contribution in [0, 0.1) is 0 Å². The van der Waals surface area contributed by atoms with Gasteiger partial charge in [0.2, 0.25) is 5.88 Å². The molecule has 0 aliphatic rings. The van der Waals surface area contributed by atoms with Crippen LogP contribution < -0.4 is 4.74 Å². The van der Waals surface area contributed by atoms with E-state index in [1.165, 1.54) is 7.11 Å². The van der Waals surface area contributed by atoms with E-state index in [-0.39, 0.29) is 18.1 Å². The molecule has 0 spiro atoms. The fourth-order valence-corrected chi connectivity index (χ4v) is 2.21. The van der Waals surface area contributed by atoms with E-state index < -0.39 is 5.97 Å². The molecule has 112 valence electrons. The van der Waals surface area contributed by atoms with E-state index in [1.54, 1.807) is 28.9 Å². The number of aromatic nitrogens is 2. The Labute approximate surface area is 122 Å². The van der Waals surface area contributed by atoms with Gasteiger partial charge in [-0.05, 0) is 30.2 Å². The van der Waals surface area contributed by atoms with E-state index >= 15 is 0 Å². The number of aromatic hydroxyl groups is 1. The van der Waals surface area contributed by atoms with Gasteiger partial charge < -0.3 is 14.9 Å². The number of aliphatic carboxylic acids is 1. The zero-order valence-corrected chi connectivity index (χ0v) is 12.2. The van der Waals surface area contributed by atoms with Crippen molar-refractivity contribution in [2.45, 2.75) is 26.2 Å². The summed E-state index contributed by atoms with van der Waals surface area (Å²) in [6, 6.07) is 6.48. The molecule has 1 aromatic heterocycles. The number of methoxy groups -OCH3 is 1. The Balaban J connectivity index is 2.60. The van der Waals surface area contributed by atoms with Gasteiger partial charge in [-0.3, -0.25) is 4.79 Å². The molecule has 6 heteroatoms. The number of carbonyl (C=O) groups is 1. The van der Waals surface area contributed by atoms with Crippen LogP contribution in [-0.4, -0.2) is 33.1 Å². The predicted octanol–water partition coefficient (Wildman–Crippen LogP) is 2.34. The molecule has 2 N–H and O–H groups in total. The van der Waals surface area contributed by atoms with Crippen molar-refractivity contribution in [2.24, 2.45) is 0 Å². The summed E-state index contributed by atoms with van der Waals surface area (Å²) < 4.78 is 6.93. The highest BCUT2D eigenvalue weighted by Gasteiger charge is 2.23. The number of hydrogen-bond donors (Lipinski definition) is 2. The molecule has 1 aromatic carbocycles. The Hall–Kier alpha value is -2.50. The molecule has 2 aromatic rings. The predicted molar refractivity (Wildman–Crippen MR) is 77.2 cm³/mol. The lowest BCUT2D eigenvalue weighted by Gasteiger charge is -2.07. The Kier molecular flexibility index (Phi) is 4.16. The summed E-state index contributed by atoms with van der Waals surface area (Å²) >= 11 is 0. The minimum Gasteiger partial charge on any atom is -0.508 e. The van der Waals surface area contributed by atoms with Crippen molar-refractivity contribution in [3.05, 3.63) is 35.5 Å². The van der Waals surface area contributed by atoms with Crippen LogP contribution in [0.3, 0.4) is 0 Å². The fourth-order valence-electron chi connectivity index (χ4n) is 2.21. The monoisotopic (exact) mass is 290 g/mol. The summed E-state index contributed by atoms with van der Waals surface area (Å²) in [6.45, 7) is 3.91. The van der Waals surface area contributed by atoms with Crippen LogP contribution in [0.4, 0.5) is 0 Å². The smallest absolute Gasteiger partial charge is 0.308 e. The Morgan fingerprint density at radius 1 is 1.33 bits per heavy atom.